The molecule has 0 aromatic carbocycles. The van der Waals surface area contributed by atoms with Crippen LogP contribution in [0, 0.1) is 5.92 Å². The topological polar surface area (TPSA) is 29.9 Å². The van der Waals surface area contributed by atoms with Crippen molar-refractivity contribution in [2.45, 2.75) is 52.1 Å². The Morgan fingerprint density at radius 1 is 1.50 bits per heavy atom. The quantitative estimate of drug-likeness (QED) is 0.800. The van der Waals surface area contributed by atoms with Gasteiger partial charge in [0.1, 0.15) is 0 Å². The van der Waals surface area contributed by atoms with Gasteiger partial charge in [0, 0.05) is 24.3 Å². The maximum Gasteiger partial charge on any atom is 0.0537 e. The highest BCUT2D eigenvalue weighted by Crippen LogP contribution is 2.37. The second-order valence-corrected chi connectivity index (χ2v) is 4.76. The van der Waals surface area contributed by atoms with Gasteiger partial charge in [0.25, 0.3) is 0 Å². The number of rotatable bonds is 6. The molecule has 1 fully saturated rings. The minimum Gasteiger partial charge on any atom is -0.310 e. The molecule has 0 amide bonds. The van der Waals surface area contributed by atoms with Crippen molar-refractivity contribution in [3.63, 3.8) is 0 Å². The van der Waals surface area contributed by atoms with Crippen LogP contribution in [0.15, 0.2) is 12.4 Å². The SMILES string of the molecule is CCCn1cc(C(NCC)C2CCC2)cn1. The van der Waals surface area contributed by atoms with Gasteiger partial charge in [0.05, 0.1) is 6.20 Å². The van der Waals surface area contributed by atoms with Gasteiger partial charge >= 0.3 is 0 Å². The lowest BCUT2D eigenvalue weighted by Gasteiger charge is -2.33. The first-order valence-corrected chi connectivity index (χ1v) is 6.60. The highest BCUT2D eigenvalue weighted by molar-refractivity contribution is 5.13. The number of nitrogens with zero attached hydrogens (tertiary/aromatic N) is 2. The van der Waals surface area contributed by atoms with Crippen LogP contribution in [0.25, 0.3) is 0 Å². The number of aryl methyl sites for hydroxylation is 1. The summed E-state index contributed by atoms with van der Waals surface area (Å²) in [6, 6.07) is 0.532. The van der Waals surface area contributed by atoms with Crippen molar-refractivity contribution in [1.29, 1.82) is 0 Å². The fraction of sp³-hybridized carbons (Fsp3) is 0.769. The molecule has 1 aliphatic rings. The third-order valence-electron chi connectivity index (χ3n) is 3.51. The zero-order chi connectivity index (χ0) is 11.4. The van der Waals surface area contributed by atoms with Crippen LogP contribution in [-0.4, -0.2) is 16.3 Å². The lowest BCUT2D eigenvalue weighted by molar-refractivity contribution is 0.233. The van der Waals surface area contributed by atoms with Gasteiger partial charge in [-0.3, -0.25) is 4.68 Å². The second-order valence-electron chi connectivity index (χ2n) is 4.76. The van der Waals surface area contributed by atoms with Crippen molar-refractivity contribution in [2.75, 3.05) is 6.54 Å². The molecule has 0 radical (unpaired) electrons. The van der Waals surface area contributed by atoms with E-state index in [0.717, 1.165) is 25.4 Å². The van der Waals surface area contributed by atoms with Crippen molar-refractivity contribution < 1.29 is 0 Å². The van der Waals surface area contributed by atoms with Crippen LogP contribution in [0.3, 0.4) is 0 Å². The number of aromatic nitrogens is 2. The molecule has 0 spiro atoms. The van der Waals surface area contributed by atoms with Gasteiger partial charge < -0.3 is 5.32 Å². The van der Waals surface area contributed by atoms with Crippen LogP contribution in [0.4, 0.5) is 0 Å². The van der Waals surface area contributed by atoms with Crippen molar-refractivity contribution >= 4 is 0 Å². The first kappa shape index (κ1) is 11.6. The van der Waals surface area contributed by atoms with E-state index in [-0.39, 0.29) is 0 Å². The zero-order valence-electron chi connectivity index (χ0n) is 10.4. The first-order valence-electron chi connectivity index (χ1n) is 6.60. The summed E-state index contributed by atoms with van der Waals surface area (Å²) >= 11 is 0. The van der Waals surface area contributed by atoms with Gasteiger partial charge in [-0.1, -0.05) is 20.3 Å². The summed E-state index contributed by atoms with van der Waals surface area (Å²) in [5.41, 5.74) is 1.38. The molecule has 1 saturated carbocycles. The van der Waals surface area contributed by atoms with Gasteiger partial charge in [0.15, 0.2) is 0 Å². The Kier molecular flexibility index (Phi) is 3.99. The van der Waals surface area contributed by atoms with Crippen molar-refractivity contribution in [2.24, 2.45) is 5.92 Å². The molecule has 3 heteroatoms. The highest BCUT2D eigenvalue weighted by atomic mass is 15.3. The predicted molar refractivity (Wildman–Crippen MR) is 66.3 cm³/mol. The Labute approximate surface area is 98.2 Å². The standard InChI is InChI=1S/C13H23N3/c1-3-8-16-10-12(9-15-16)13(14-4-2)11-6-5-7-11/h9-11,13-14H,3-8H2,1-2H3. The minimum absolute atomic E-state index is 0.532. The van der Waals surface area contributed by atoms with Crippen LogP contribution in [0.5, 0.6) is 0 Å². The molecule has 90 valence electrons. The molecule has 1 aromatic heterocycles. The normalized spacial score (nSPS) is 18.4. The lowest BCUT2D eigenvalue weighted by atomic mass is 9.78. The summed E-state index contributed by atoms with van der Waals surface area (Å²) in [6.07, 6.45) is 9.55. The first-order chi connectivity index (χ1) is 7.85. The van der Waals surface area contributed by atoms with Gasteiger partial charge in [-0.05, 0) is 31.7 Å². The summed E-state index contributed by atoms with van der Waals surface area (Å²) in [5.74, 6) is 0.833. The van der Waals surface area contributed by atoms with Crippen molar-refractivity contribution in [3.8, 4) is 0 Å². The van der Waals surface area contributed by atoms with E-state index in [1.165, 1.54) is 24.8 Å². The third kappa shape index (κ3) is 2.46. The molecule has 1 N–H and O–H groups in total. The number of nitrogens with one attached hydrogen (secondary N) is 1. The average Bonchev–Trinajstić information content (AvgIpc) is 2.63. The molecule has 2 rings (SSSR count). The van der Waals surface area contributed by atoms with Crippen LogP contribution >= 0.6 is 0 Å². The molecule has 0 aliphatic heterocycles. The molecule has 0 bridgehead atoms. The molecule has 0 saturated heterocycles. The van der Waals surface area contributed by atoms with Crippen LogP contribution in [0.2, 0.25) is 0 Å². The van der Waals surface area contributed by atoms with E-state index < -0.39 is 0 Å². The molecular weight excluding hydrogens is 198 g/mol. The Hall–Kier alpha value is -0.830. The predicted octanol–water partition coefficient (Wildman–Crippen LogP) is 2.74. The fourth-order valence-corrected chi connectivity index (χ4v) is 2.44. The van der Waals surface area contributed by atoms with E-state index in [1.54, 1.807) is 0 Å². The monoisotopic (exact) mass is 221 g/mol. The molecule has 1 aliphatic carbocycles. The van der Waals surface area contributed by atoms with E-state index in [9.17, 15) is 0 Å². The fourth-order valence-electron chi connectivity index (χ4n) is 2.44. The Bertz CT molecular complexity index is 315. The van der Waals surface area contributed by atoms with Crippen LogP contribution < -0.4 is 5.32 Å². The lowest BCUT2D eigenvalue weighted by Crippen LogP contribution is -2.31. The molecule has 16 heavy (non-hydrogen) atoms. The van der Waals surface area contributed by atoms with E-state index in [0.29, 0.717) is 6.04 Å². The van der Waals surface area contributed by atoms with Crippen LogP contribution in [0.1, 0.15) is 51.1 Å². The van der Waals surface area contributed by atoms with Crippen molar-refractivity contribution in [1.82, 2.24) is 15.1 Å². The van der Waals surface area contributed by atoms with Gasteiger partial charge in [0.2, 0.25) is 0 Å². The Morgan fingerprint density at radius 2 is 2.31 bits per heavy atom. The molecule has 1 heterocycles. The Morgan fingerprint density at radius 3 is 2.88 bits per heavy atom. The molecular formula is C13H23N3. The van der Waals surface area contributed by atoms with E-state index in [1.807, 2.05) is 6.20 Å². The zero-order valence-corrected chi connectivity index (χ0v) is 10.4. The van der Waals surface area contributed by atoms with Crippen molar-refractivity contribution in [3.05, 3.63) is 18.0 Å². The third-order valence-corrected chi connectivity index (χ3v) is 3.51. The highest BCUT2D eigenvalue weighted by Gasteiger charge is 2.28. The number of hydrogen-bond donors (Lipinski definition) is 1. The molecule has 1 aromatic rings. The molecule has 1 unspecified atom stereocenters. The second kappa shape index (κ2) is 5.48. The van der Waals surface area contributed by atoms with Gasteiger partial charge in [-0.25, -0.2) is 0 Å². The maximum absolute atomic E-state index is 4.43. The van der Waals surface area contributed by atoms with Gasteiger partial charge in [-0.15, -0.1) is 0 Å². The van der Waals surface area contributed by atoms with Crippen LogP contribution in [-0.2, 0) is 6.54 Å². The largest absolute Gasteiger partial charge is 0.310 e. The average molecular weight is 221 g/mol. The molecule has 3 nitrogen and oxygen atoms in total. The van der Waals surface area contributed by atoms with Gasteiger partial charge in [-0.2, -0.15) is 5.10 Å². The summed E-state index contributed by atoms with van der Waals surface area (Å²) in [5, 5.41) is 8.03. The summed E-state index contributed by atoms with van der Waals surface area (Å²) < 4.78 is 2.07. The van der Waals surface area contributed by atoms with E-state index in [2.05, 4.69) is 35.1 Å². The summed E-state index contributed by atoms with van der Waals surface area (Å²) in [7, 11) is 0. The molecule has 1 atom stereocenters. The van der Waals surface area contributed by atoms with E-state index in [4.69, 9.17) is 0 Å². The maximum atomic E-state index is 4.43. The van der Waals surface area contributed by atoms with E-state index >= 15 is 0 Å². The number of hydrogen-bond acceptors (Lipinski definition) is 2. The summed E-state index contributed by atoms with van der Waals surface area (Å²) in [4.78, 5) is 0. The Balaban J connectivity index is 2.04. The summed E-state index contributed by atoms with van der Waals surface area (Å²) in [6.45, 7) is 6.45. The smallest absolute Gasteiger partial charge is 0.0537 e. The minimum atomic E-state index is 0.532.